The third-order valence-electron chi connectivity index (χ3n) is 3.03. The number of aromatic nitrogens is 4. The highest BCUT2D eigenvalue weighted by Crippen LogP contribution is 2.28. The van der Waals surface area contributed by atoms with Gasteiger partial charge in [0.15, 0.2) is 0 Å². The fourth-order valence-corrected chi connectivity index (χ4v) is 2.26. The van der Waals surface area contributed by atoms with Crippen LogP contribution in [0.15, 0.2) is 36.9 Å². The number of pyridine rings is 2. The van der Waals surface area contributed by atoms with Crippen molar-refractivity contribution in [3.63, 3.8) is 0 Å². The summed E-state index contributed by atoms with van der Waals surface area (Å²) in [6.07, 6.45) is 6.97. The fraction of sp³-hybridized carbons (Fsp3) is 0.214. The van der Waals surface area contributed by atoms with Crippen LogP contribution in [0.4, 0.5) is 5.69 Å². The Bertz CT molecular complexity index is 730. The molecule has 19 heavy (non-hydrogen) atoms. The van der Waals surface area contributed by atoms with Gasteiger partial charge in [-0.1, -0.05) is 0 Å². The van der Waals surface area contributed by atoms with Crippen LogP contribution in [0, 0.1) is 0 Å². The Labute approximate surface area is 111 Å². The molecule has 96 valence electrons. The van der Waals surface area contributed by atoms with E-state index >= 15 is 0 Å². The Hall–Kier alpha value is -2.43. The molecule has 5 heteroatoms. The van der Waals surface area contributed by atoms with E-state index in [-0.39, 0.29) is 0 Å². The average Bonchev–Trinajstić information content (AvgIpc) is 2.78. The highest BCUT2D eigenvalue weighted by Gasteiger charge is 2.15. The van der Waals surface area contributed by atoms with Crippen LogP contribution in [0.1, 0.15) is 19.9 Å². The zero-order chi connectivity index (χ0) is 13.4. The van der Waals surface area contributed by atoms with Crippen LogP contribution in [-0.4, -0.2) is 19.5 Å². The molecule has 3 aromatic rings. The van der Waals surface area contributed by atoms with Crippen molar-refractivity contribution in [2.24, 2.45) is 0 Å². The Kier molecular flexibility index (Phi) is 2.67. The molecule has 0 saturated heterocycles. The molecule has 0 aliphatic carbocycles. The van der Waals surface area contributed by atoms with Crippen molar-refractivity contribution in [3.05, 3.63) is 36.9 Å². The Morgan fingerprint density at radius 3 is 2.74 bits per heavy atom. The number of nitrogens with zero attached hydrogens (tertiary/aromatic N) is 4. The van der Waals surface area contributed by atoms with Gasteiger partial charge in [0, 0.05) is 30.2 Å². The van der Waals surface area contributed by atoms with E-state index in [2.05, 4.69) is 33.4 Å². The number of anilines is 1. The van der Waals surface area contributed by atoms with Crippen LogP contribution in [0.3, 0.4) is 0 Å². The first-order chi connectivity index (χ1) is 9.16. The van der Waals surface area contributed by atoms with Gasteiger partial charge >= 0.3 is 0 Å². The van der Waals surface area contributed by atoms with E-state index in [9.17, 15) is 0 Å². The second kappa shape index (κ2) is 4.35. The van der Waals surface area contributed by atoms with Gasteiger partial charge < -0.3 is 10.3 Å². The number of imidazole rings is 1. The van der Waals surface area contributed by atoms with Gasteiger partial charge in [-0.15, -0.1) is 0 Å². The average molecular weight is 253 g/mol. The Balaban J connectivity index is 2.31. The van der Waals surface area contributed by atoms with Crippen LogP contribution in [0.2, 0.25) is 0 Å². The lowest BCUT2D eigenvalue weighted by atomic mass is 10.2. The summed E-state index contributed by atoms with van der Waals surface area (Å²) >= 11 is 0. The molecule has 3 rings (SSSR count). The molecule has 3 aromatic heterocycles. The summed E-state index contributed by atoms with van der Waals surface area (Å²) < 4.78 is 2.17. The molecule has 0 saturated carbocycles. The summed E-state index contributed by atoms with van der Waals surface area (Å²) in [6.45, 7) is 4.26. The lowest BCUT2D eigenvalue weighted by Crippen LogP contribution is -2.03. The summed E-state index contributed by atoms with van der Waals surface area (Å²) in [5.41, 5.74) is 9.32. The van der Waals surface area contributed by atoms with Gasteiger partial charge in [0.2, 0.25) is 0 Å². The standard InChI is InChI=1S/C14H15N5/c1-9(2)19-13-3-4-16-8-12(13)18-14(19)10-5-11(15)7-17-6-10/h3-9H,15H2,1-2H3. The lowest BCUT2D eigenvalue weighted by Gasteiger charge is -2.13. The highest BCUT2D eigenvalue weighted by molar-refractivity contribution is 5.80. The van der Waals surface area contributed by atoms with Gasteiger partial charge in [-0.05, 0) is 26.0 Å². The molecule has 0 spiro atoms. The minimum absolute atomic E-state index is 0.295. The molecule has 3 heterocycles. The molecular formula is C14H15N5. The molecule has 0 aliphatic heterocycles. The highest BCUT2D eigenvalue weighted by atomic mass is 15.1. The quantitative estimate of drug-likeness (QED) is 0.762. The van der Waals surface area contributed by atoms with Crippen molar-refractivity contribution in [1.82, 2.24) is 19.5 Å². The van der Waals surface area contributed by atoms with Crippen LogP contribution in [-0.2, 0) is 0 Å². The number of hydrogen-bond donors (Lipinski definition) is 1. The zero-order valence-electron chi connectivity index (χ0n) is 10.9. The Morgan fingerprint density at radius 1 is 1.16 bits per heavy atom. The van der Waals surface area contributed by atoms with Crippen LogP contribution >= 0.6 is 0 Å². The monoisotopic (exact) mass is 253 g/mol. The largest absolute Gasteiger partial charge is 0.397 e. The maximum atomic E-state index is 5.80. The summed E-state index contributed by atoms with van der Waals surface area (Å²) in [5, 5.41) is 0. The molecule has 0 radical (unpaired) electrons. The third-order valence-corrected chi connectivity index (χ3v) is 3.03. The van der Waals surface area contributed by atoms with E-state index in [1.165, 1.54) is 0 Å². The Morgan fingerprint density at radius 2 is 2.00 bits per heavy atom. The number of fused-ring (bicyclic) bond motifs is 1. The van der Waals surface area contributed by atoms with Crippen molar-refractivity contribution in [2.45, 2.75) is 19.9 Å². The maximum absolute atomic E-state index is 5.80. The van der Waals surface area contributed by atoms with Crippen molar-refractivity contribution in [3.8, 4) is 11.4 Å². The first kappa shape index (κ1) is 11.6. The maximum Gasteiger partial charge on any atom is 0.143 e. The van der Waals surface area contributed by atoms with E-state index in [1.54, 1.807) is 24.8 Å². The summed E-state index contributed by atoms with van der Waals surface area (Å²) in [7, 11) is 0. The van der Waals surface area contributed by atoms with Crippen LogP contribution < -0.4 is 5.73 Å². The molecular weight excluding hydrogens is 238 g/mol. The van der Waals surface area contributed by atoms with Gasteiger partial charge in [-0.2, -0.15) is 0 Å². The van der Waals surface area contributed by atoms with E-state index in [0.717, 1.165) is 22.4 Å². The molecule has 5 nitrogen and oxygen atoms in total. The van der Waals surface area contributed by atoms with Crippen LogP contribution in [0.25, 0.3) is 22.4 Å². The van der Waals surface area contributed by atoms with E-state index in [0.29, 0.717) is 11.7 Å². The summed E-state index contributed by atoms with van der Waals surface area (Å²) in [4.78, 5) is 12.9. The predicted molar refractivity (Wildman–Crippen MR) is 75.6 cm³/mol. The van der Waals surface area contributed by atoms with E-state index in [4.69, 9.17) is 5.73 Å². The molecule has 0 aliphatic rings. The van der Waals surface area contributed by atoms with Crippen molar-refractivity contribution >= 4 is 16.7 Å². The van der Waals surface area contributed by atoms with Crippen molar-refractivity contribution < 1.29 is 0 Å². The second-order valence-corrected chi connectivity index (χ2v) is 4.77. The van der Waals surface area contributed by atoms with Crippen molar-refractivity contribution in [2.75, 3.05) is 5.73 Å². The molecule has 0 aromatic carbocycles. The molecule has 0 unspecified atom stereocenters. The van der Waals surface area contributed by atoms with Gasteiger partial charge in [0.25, 0.3) is 0 Å². The molecule has 0 amide bonds. The first-order valence-corrected chi connectivity index (χ1v) is 6.19. The summed E-state index contributed by atoms with van der Waals surface area (Å²) in [5.74, 6) is 0.873. The molecule has 0 bridgehead atoms. The van der Waals surface area contributed by atoms with E-state index < -0.39 is 0 Å². The first-order valence-electron chi connectivity index (χ1n) is 6.19. The minimum atomic E-state index is 0.295. The van der Waals surface area contributed by atoms with Crippen molar-refractivity contribution in [1.29, 1.82) is 0 Å². The lowest BCUT2D eigenvalue weighted by molar-refractivity contribution is 0.624. The van der Waals surface area contributed by atoms with Gasteiger partial charge in [0.05, 0.1) is 17.4 Å². The number of nitrogens with two attached hydrogens (primary N) is 1. The SMILES string of the molecule is CC(C)n1c(-c2cncc(N)c2)nc2cnccc21. The summed E-state index contributed by atoms with van der Waals surface area (Å²) in [6, 6.07) is 4.16. The third kappa shape index (κ3) is 1.93. The molecule has 0 atom stereocenters. The van der Waals surface area contributed by atoms with Gasteiger partial charge in [0.1, 0.15) is 11.3 Å². The van der Waals surface area contributed by atoms with Gasteiger partial charge in [-0.25, -0.2) is 4.98 Å². The van der Waals surface area contributed by atoms with Gasteiger partial charge in [-0.3, -0.25) is 9.97 Å². The minimum Gasteiger partial charge on any atom is -0.397 e. The number of nitrogen functional groups attached to an aromatic ring is 1. The van der Waals surface area contributed by atoms with Crippen LogP contribution in [0.5, 0.6) is 0 Å². The second-order valence-electron chi connectivity index (χ2n) is 4.77. The topological polar surface area (TPSA) is 69.6 Å². The molecule has 2 N–H and O–H groups in total. The predicted octanol–water partition coefficient (Wildman–Crippen LogP) is 2.66. The normalized spacial score (nSPS) is 11.3. The smallest absolute Gasteiger partial charge is 0.143 e. The number of hydrogen-bond acceptors (Lipinski definition) is 4. The van der Waals surface area contributed by atoms with E-state index in [1.807, 2.05) is 12.1 Å². The number of rotatable bonds is 2. The zero-order valence-corrected chi connectivity index (χ0v) is 10.9. The fourth-order valence-electron chi connectivity index (χ4n) is 2.26. The molecule has 0 fully saturated rings.